The summed E-state index contributed by atoms with van der Waals surface area (Å²) in [6.45, 7) is 1.43. The molecular weight excluding hydrogens is 256 g/mol. The lowest BCUT2D eigenvalue weighted by Crippen LogP contribution is -2.39. The third-order valence-electron chi connectivity index (χ3n) is 2.24. The number of carbonyl (C=O) groups excluding carboxylic acids is 2. The number of esters is 2. The van der Waals surface area contributed by atoms with Crippen LogP contribution in [0, 0.1) is 0 Å². The summed E-state index contributed by atoms with van der Waals surface area (Å²) < 4.78 is 4.52. The van der Waals surface area contributed by atoms with Gasteiger partial charge in [0.2, 0.25) is 0 Å². The molecule has 18 heavy (non-hydrogen) atoms. The SMILES string of the molecule is C[C@H](N)C(=O)OC(=O)[C@@H](N)Cc1ccc(Cl)cc1. The van der Waals surface area contributed by atoms with Crippen molar-refractivity contribution in [3.8, 4) is 0 Å². The van der Waals surface area contributed by atoms with Gasteiger partial charge in [0.1, 0.15) is 12.1 Å². The summed E-state index contributed by atoms with van der Waals surface area (Å²) in [5, 5.41) is 0.599. The van der Waals surface area contributed by atoms with Crippen LogP contribution in [0.25, 0.3) is 0 Å². The number of halogens is 1. The molecular formula is C12H15ClN2O3. The average molecular weight is 271 g/mol. The average Bonchev–Trinajstić information content (AvgIpc) is 2.31. The molecule has 0 aliphatic carbocycles. The van der Waals surface area contributed by atoms with Gasteiger partial charge in [-0.15, -0.1) is 0 Å². The molecule has 0 spiro atoms. The molecule has 0 radical (unpaired) electrons. The van der Waals surface area contributed by atoms with Gasteiger partial charge in [0, 0.05) is 5.02 Å². The van der Waals surface area contributed by atoms with E-state index in [2.05, 4.69) is 4.74 Å². The fourth-order valence-electron chi connectivity index (χ4n) is 1.23. The van der Waals surface area contributed by atoms with E-state index < -0.39 is 24.0 Å². The molecule has 0 saturated heterocycles. The Balaban J connectivity index is 2.54. The van der Waals surface area contributed by atoms with Gasteiger partial charge in [-0.2, -0.15) is 0 Å². The van der Waals surface area contributed by atoms with Crippen LogP contribution in [0.3, 0.4) is 0 Å². The van der Waals surface area contributed by atoms with Crippen LogP contribution in [0.15, 0.2) is 24.3 Å². The van der Waals surface area contributed by atoms with Crippen LogP contribution in [0.5, 0.6) is 0 Å². The highest BCUT2D eigenvalue weighted by atomic mass is 35.5. The first-order valence-corrected chi connectivity index (χ1v) is 5.79. The molecule has 0 amide bonds. The molecule has 2 atom stereocenters. The van der Waals surface area contributed by atoms with Crippen molar-refractivity contribution in [2.45, 2.75) is 25.4 Å². The highest BCUT2D eigenvalue weighted by Gasteiger charge is 2.21. The predicted molar refractivity (Wildman–Crippen MR) is 67.9 cm³/mol. The summed E-state index contributed by atoms with van der Waals surface area (Å²) >= 11 is 5.73. The van der Waals surface area contributed by atoms with Crippen molar-refractivity contribution in [3.63, 3.8) is 0 Å². The maximum Gasteiger partial charge on any atom is 0.330 e. The Morgan fingerprint density at radius 2 is 1.78 bits per heavy atom. The van der Waals surface area contributed by atoms with E-state index in [9.17, 15) is 9.59 Å². The van der Waals surface area contributed by atoms with Crippen LogP contribution in [0.4, 0.5) is 0 Å². The smallest absolute Gasteiger partial charge is 0.330 e. The standard InChI is InChI=1S/C12H15ClN2O3/c1-7(14)11(16)18-12(17)10(15)6-8-2-4-9(13)5-3-8/h2-5,7,10H,6,14-15H2,1H3/t7-,10-/m0/s1. The Kier molecular flexibility index (Phi) is 5.27. The van der Waals surface area contributed by atoms with Gasteiger partial charge in [-0.3, -0.25) is 0 Å². The lowest BCUT2D eigenvalue weighted by Gasteiger charge is -2.11. The van der Waals surface area contributed by atoms with Crippen molar-refractivity contribution in [1.82, 2.24) is 0 Å². The fraction of sp³-hybridized carbons (Fsp3) is 0.333. The zero-order chi connectivity index (χ0) is 13.7. The van der Waals surface area contributed by atoms with Crippen molar-refractivity contribution in [2.24, 2.45) is 11.5 Å². The van der Waals surface area contributed by atoms with Crippen molar-refractivity contribution >= 4 is 23.5 Å². The van der Waals surface area contributed by atoms with Gasteiger partial charge in [0.25, 0.3) is 0 Å². The van der Waals surface area contributed by atoms with Crippen molar-refractivity contribution in [3.05, 3.63) is 34.9 Å². The van der Waals surface area contributed by atoms with Crippen molar-refractivity contribution in [1.29, 1.82) is 0 Å². The largest absolute Gasteiger partial charge is 0.391 e. The molecule has 0 unspecified atom stereocenters. The van der Waals surface area contributed by atoms with Crippen LogP contribution >= 0.6 is 11.6 Å². The summed E-state index contributed by atoms with van der Waals surface area (Å²) in [4.78, 5) is 22.6. The second-order valence-electron chi connectivity index (χ2n) is 3.97. The Labute approximate surface area is 110 Å². The maximum atomic E-state index is 11.5. The summed E-state index contributed by atoms with van der Waals surface area (Å²) in [5.41, 5.74) is 11.7. The van der Waals surface area contributed by atoms with Gasteiger partial charge < -0.3 is 16.2 Å². The van der Waals surface area contributed by atoms with E-state index in [0.717, 1.165) is 5.56 Å². The molecule has 0 bridgehead atoms. The van der Waals surface area contributed by atoms with Gasteiger partial charge >= 0.3 is 11.9 Å². The molecule has 0 aromatic heterocycles. The predicted octanol–water partition coefficient (Wildman–Crippen LogP) is 0.627. The molecule has 4 N–H and O–H groups in total. The maximum absolute atomic E-state index is 11.5. The molecule has 1 rings (SSSR count). The zero-order valence-corrected chi connectivity index (χ0v) is 10.7. The van der Waals surface area contributed by atoms with Crippen LogP contribution in [0.2, 0.25) is 5.02 Å². The number of hydrogen-bond acceptors (Lipinski definition) is 5. The normalized spacial score (nSPS) is 13.8. The topological polar surface area (TPSA) is 95.4 Å². The number of nitrogens with two attached hydrogens (primary N) is 2. The van der Waals surface area contributed by atoms with Gasteiger partial charge in [0.15, 0.2) is 0 Å². The van der Waals surface area contributed by atoms with Crippen LogP contribution in [-0.2, 0) is 20.7 Å². The van der Waals surface area contributed by atoms with E-state index in [-0.39, 0.29) is 6.42 Å². The highest BCUT2D eigenvalue weighted by molar-refractivity contribution is 6.30. The second-order valence-corrected chi connectivity index (χ2v) is 4.40. The Morgan fingerprint density at radius 1 is 1.22 bits per heavy atom. The van der Waals surface area contributed by atoms with E-state index in [4.69, 9.17) is 23.1 Å². The Hall–Kier alpha value is -1.43. The summed E-state index contributed by atoms with van der Waals surface area (Å²) in [7, 11) is 0. The number of carbonyl (C=O) groups is 2. The van der Waals surface area contributed by atoms with Crippen LogP contribution in [-0.4, -0.2) is 24.0 Å². The summed E-state index contributed by atoms with van der Waals surface area (Å²) in [5.74, 6) is -1.57. The van der Waals surface area contributed by atoms with E-state index in [1.54, 1.807) is 24.3 Å². The number of hydrogen-bond donors (Lipinski definition) is 2. The van der Waals surface area contributed by atoms with Crippen molar-refractivity contribution < 1.29 is 14.3 Å². The molecule has 5 nitrogen and oxygen atoms in total. The Bertz CT molecular complexity index is 431. The molecule has 0 fully saturated rings. The van der Waals surface area contributed by atoms with E-state index in [1.807, 2.05) is 0 Å². The second kappa shape index (κ2) is 6.49. The van der Waals surface area contributed by atoms with Gasteiger partial charge in [-0.25, -0.2) is 9.59 Å². The van der Waals surface area contributed by atoms with Crippen LogP contribution < -0.4 is 11.5 Å². The summed E-state index contributed by atoms with van der Waals surface area (Å²) in [6, 6.07) is 5.14. The molecule has 1 aromatic rings. The van der Waals surface area contributed by atoms with E-state index >= 15 is 0 Å². The summed E-state index contributed by atoms with van der Waals surface area (Å²) in [6.07, 6.45) is 0.266. The molecule has 0 heterocycles. The molecule has 6 heteroatoms. The number of rotatable bonds is 4. The monoisotopic (exact) mass is 270 g/mol. The van der Waals surface area contributed by atoms with Gasteiger partial charge in [-0.05, 0) is 31.0 Å². The third-order valence-corrected chi connectivity index (χ3v) is 2.50. The molecule has 1 aromatic carbocycles. The number of benzene rings is 1. The first-order chi connectivity index (χ1) is 8.40. The zero-order valence-electron chi connectivity index (χ0n) is 9.93. The quantitative estimate of drug-likeness (QED) is 0.618. The van der Waals surface area contributed by atoms with Crippen LogP contribution in [0.1, 0.15) is 12.5 Å². The lowest BCUT2D eigenvalue weighted by molar-refractivity contribution is -0.161. The Morgan fingerprint density at radius 3 is 2.28 bits per heavy atom. The first-order valence-electron chi connectivity index (χ1n) is 5.41. The van der Waals surface area contributed by atoms with Gasteiger partial charge in [0.05, 0.1) is 0 Å². The minimum atomic E-state index is -0.908. The molecule has 0 aliphatic rings. The van der Waals surface area contributed by atoms with Crippen molar-refractivity contribution in [2.75, 3.05) is 0 Å². The number of ether oxygens (including phenoxy) is 1. The lowest BCUT2D eigenvalue weighted by atomic mass is 10.1. The van der Waals surface area contributed by atoms with E-state index in [0.29, 0.717) is 5.02 Å². The third kappa shape index (κ3) is 4.44. The first kappa shape index (κ1) is 14.6. The fourth-order valence-corrected chi connectivity index (χ4v) is 1.35. The molecule has 0 saturated carbocycles. The minimum Gasteiger partial charge on any atom is -0.391 e. The highest BCUT2D eigenvalue weighted by Crippen LogP contribution is 2.11. The van der Waals surface area contributed by atoms with E-state index in [1.165, 1.54) is 6.92 Å². The molecule has 0 aliphatic heterocycles. The minimum absolute atomic E-state index is 0.266. The van der Waals surface area contributed by atoms with Gasteiger partial charge in [-0.1, -0.05) is 23.7 Å². The molecule has 98 valence electrons.